The fraction of sp³-hybridized carbons (Fsp3) is 0.594. The number of ether oxygens (including phenoxy) is 1. The molecule has 2 aromatic rings. The van der Waals surface area contributed by atoms with Crippen molar-refractivity contribution in [1.82, 2.24) is 14.6 Å². The molecule has 2 heterocycles. The summed E-state index contributed by atoms with van der Waals surface area (Å²) in [6, 6.07) is 5.68. The van der Waals surface area contributed by atoms with Crippen LogP contribution in [-0.4, -0.2) is 65.9 Å². The summed E-state index contributed by atoms with van der Waals surface area (Å²) in [7, 11) is -1.61. The maximum Gasteiger partial charge on any atom is 0.419 e. The average molecular weight is 671 g/mol. The number of carbonyl (C=O) groups excluding carboxylic acids is 2. The Balaban J connectivity index is 1.75. The smallest absolute Gasteiger partial charge is 0.419 e. The predicted molar refractivity (Wildman–Crippen MR) is 165 cm³/mol. The number of likely N-dealkylation sites (tertiary alicyclic amines) is 1. The third-order valence-corrected chi connectivity index (χ3v) is 9.78. The van der Waals surface area contributed by atoms with E-state index >= 15 is 4.39 Å². The number of halogens is 4. The van der Waals surface area contributed by atoms with E-state index in [2.05, 4.69) is 15.0 Å². The summed E-state index contributed by atoms with van der Waals surface area (Å²) < 4.78 is 78.4. The van der Waals surface area contributed by atoms with Crippen molar-refractivity contribution in [2.24, 2.45) is 5.92 Å². The van der Waals surface area contributed by atoms with Crippen LogP contribution in [0.5, 0.6) is 0 Å². The molecule has 0 bridgehead atoms. The first kappa shape index (κ1) is 35.7. The van der Waals surface area contributed by atoms with Crippen LogP contribution < -0.4 is 10.0 Å². The molecule has 4 atom stereocenters. The Labute approximate surface area is 269 Å². The first-order chi connectivity index (χ1) is 21.2. The van der Waals surface area contributed by atoms with E-state index in [1.807, 2.05) is 20.8 Å². The molecule has 3 N–H and O–H groups in total. The molecule has 1 aromatic heterocycles. The molecule has 2 fully saturated rings. The van der Waals surface area contributed by atoms with Crippen LogP contribution in [0.2, 0.25) is 0 Å². The van der Waals surface area contributed by atoms with Gasteiger partial charge in [-0.2, -0.15) is 13.2 Å². The molecule has 4 rings (SSSR count). The van der Waals surface area contributed by atoms with Crippen LogP contribution >= 0.6 is 0 Å². The van der Waals surface area contributed by atoms with Gasteiger partial charge in [-0.15, -0.1) is 0 Å². The number of pyridine rings is 1. The molecule has 0 radical (unpaired) electrons. The van der Waals surface area contributed by atoms with Gasteiger partial charge in [-0.05, 0) is 95.7 Å². The number of nitrogens with zero attached hydrogens (tertiary/aromatic N) is 2. The maximum atomic E-state index is 15.4. The van der Waals surface area contributed by atoms with E-state index in [1.165, 1.54) is 32.9 Å². The minimum atomic E-state index is -5.16. The van der Waals surface area contributed by atoms with Crippen molar-refractivity contribution in [3.05, 3.63) is 59.7 Å². The highest BCUT2D eigenvalue weighted by molar-refractivity contribution is 7.84. The van der Waals surface area contributed by atoms with E-state index in [0.717, 1.165) is 25.3 Å². The minimum absolute atomic E-state index is 0.359. The first-order valence-electron chi connectivity index (χ1n) is 15.1. The van der Waals surface area contributed by atoms with Crippen LogP contribution in [0.25, 0.3) is 0 Å². The van der Waals surface area contributed by atoms with Gasteiger partial charge in [0.05, 0.1) is 33.5 Å². The second-order valence-electron chi connectivity index (χ2n) is 14.1. The zero-order valence-corrected chi connectivity index (χ0v) is 27.7. The molecular weight excluding hydrogens is 628 g/mol. The number of alkyl halides is 3. The van der Waals surface area contributed by atoms with Crippen molar-refractivity contribution >= 4 is 28.7 Å². The van der Waals surface area contributed by atoms with Crippen molar-refractivity contribution in [2.45, 2.75) is 107 Å². The Morgan fingerprint density at radius 2 is 1.70 bits per heavy atom. The van der Waals surface area contributed by atoms with E-state index in [4.69, 9.17) is 4.74 Å². The molecule has 0 spiro atoms. The number of hydrogen-bond donors (Lipinski definition) is 3. The minimum Gasteiger partial charge on any atom is -0.444 e. The largest absolute Gasteiger partial charge is 0.444 e. The van der Waals surface area contributed by atoms with E-state index in [0.29, 0.717) is 28.4 Å². The second-order valence-corrected chi connectivity index (χ2v) is 16.1. The predicted octanol–water partition coefficient (Wildman–Crippen LogP) is 5.95. The monoisotopic (exact) mass is 670 g/mol. The Hall–Kier alpha value is -3.10. The molecule has 1 aliphatic heterocycles. The lowest BCUT2D eigenvalue weighted by Gasteiger charge is -2.38. The van der Waals surface area contributed by atoms with E-state index < -0.39 is 75.5 Å². The Morgan fingerprint density at radius 3 is 2.24 bits per heavy atom. The zero-order valence-electron chi connectivity index (χ0n) is 26.8. The van der Waals surface area contributed by atoms with Crippen molar-refractivity contribution in [1.29, 1.82) is 0 Å². The summed E-state index contributed by atoms with van der Waals surface area (Å²) >= 11 is 0. The summed E-state index contributed by atoms with van der Waals surface area (Å²) in [5, 5.41) is 12.8. The number of β-amino-alcohol motifs (C(OH)–C–C–N with tert-alkyl or cyclic N) is 1. The van der Waals surface area contributed by atoms with E-state index in [9.17, 15) is 32.1 Å². The third kappa shape index (κ3) is 8.06. The fourth-order valence-electron chi connectivity index (χ4n) is 5.34. The van der Waals surface area contributed by atoms with Gasteiger partial charge in [0.1, 0.15) is 17.5 Å². The molecule has 2 amide bonds. The number of anilines is 1. The van der Waals surface area contributed by atoms with Gasteiger partial charge in [-0.3, -0.25) is 14.7 Å². The standard InChI is InChI=1S/C32H42F4N4O5S/c1-28(2,3)45-27(42)40-19-30(43,32(34,35)36)18-25(40)26(41)38-24-17-22(9-10-23(24)33)31(14-11-20-7-8-20,21-12-15-37-16-13-21)39-46(44)29(4,5)6/h9-10,12-13,15-17,20,25,39,43H,7-8,11,14,18-19H2,1-6H3,(H,38,41)/t25-,30-,31?,46?/m1/s1. The van der Waals surface area contributed by atoms with Gasteiger partial charge >= 0.3 is 12.3 Å². The molecule has 2 unspecified atom stereocenters. The van der Waals surface area contributed by atoms with Crippen LogP contribution in [-0.2, 0) is 26.1 Å². The Kier molecular flexibility index (Phi) is 9.97. The first-order valence-corrected chi connectivity index (χ1v) is 16.3. The molecule has 9 nitrogen and oxygen atoms in total. The molecular formula is C32H42F4N4O5S. The van der Waals surface area contributed by atoms with Gasteiger partial charge in [-0.1, -0.05) is 18.9 Å². The van der Waals surface area contributed by atoms with Crippen LogP contribution in [0.3, 0.4) is 0 Å². The lowest BCUT2D eigenvalue weighted by atomic mass is 9.79. The van der Waals surface area contributed by atoms with Gasteiger partial charge < -0.3 is 15.2 Å². The summed E-state index contributed by atoms with van der Waals surface area (Å²) in [5.41, 5.74) is -4.81. The Bertz CT molecular complexity index is 1460. The highest BCUT2D eigenvalue weighted by Crippen LogP contribution is 2.44. The number of hydrogen-bond acceptors (Lipinski definition) is 6. The van der Waals surface area contributed by atoms with Crippen LogP contribution in [0.15, 0.2) is 42.7 Å². The molecule has 2 aliphatic rings. The van der Waals surface area contributed by atoms with Crippen molar-refractivity contribution in [3.8, 4) is 0 Å². The highest BCUT2D eigenvalue weighted by atomic mass is 32.2. The van der Waals surface area contributed by atoms with Crippen LogP contribution in [0.1, 0.15) is 84.8 Å². The van der Waals surface area contributed by atoms with E-state index in [-0.39, 0.29) is 5.69 Å². The number of aromatic nitrogens is 1. The average Bonchev–Trinajstić information content (AvgIpc) is 3.69. The summed E-state index contributed by atoms with van der Waals surface area (Å²) in [4.78, 5) is 31.1. The van der Waals surface area contributed by atoms with Crippen molar-refractivity contribution in [3.63, 3.8) is 0 Å². The summed E-state index contributed by atoms with van der Waals surface area (Å²) in [6.07, 6.45) is -1.05. The zero-order chi connectivity index (χ0) is 34.3. The van der Waals surface area contributed by atoms with Crippen molar-refractivity contribution in [2.75, 3.05) is 11.9 Å². The van der Waals surface area contributed by atoms with Gasteiger partial charge in [0.15, 0.2) is 5.60 Å². The van der Waals surface area contributed by atoms with Crippen LogP contribution in [0, 0.1) is 11.7 Å². The molecule has 254 valence electrons. The number of nitrogens with one attached hydrogen (secondary N) is 2. The highest BCUT2D eigenvalue weighted by Gasteiger charge is 2.62. The second kappa shape index (κ2) is 12.8. The molecule has 46 heavy (non-hydrogen) atoms. The van der Waals surface area contributed by atoms with Gasteiger partial charge in [0.25, 0.3) is 0 Å². The molecule has 1 saturated heterocycles. The summed E-state index contributed by atoms with van der Waals surface area (Å²) in [6.45, 7) is 8.71. The fourth-order valence-corrected chi connectivity index (χ4v) is 6.30. The topological polar surface area (TPSA) is 121 Å². The number of carbonyl (C=O) groups is 2. The van der Waals surface area contributed by atoms with Gasteiger partial charge in [-0.25, -0.2) is 18.1 Å². The van der Waals surface area contributed by atoms with Crippen LogP contribution in [0.4, 0.5) is 28.0 Å². The third-order valence-electron chi connectivity index (χ3n) is 8.14. The normalized spacial score (nSPS) is 22.7. The molecule has 14 heteroatoms. The number of benzene rings is 1. The molecule has 1 saturated carbocycles. The number of aliphatic hydroxyl groups is 1. The Morgan fingerprint density at radius 1 is 1.07 bits per heavy atom. The maximum absolute atomic E-state index is 15.4. The lowest BCUT2D eigenvalue weighted by molar-refractivity contribution is -0.253. The van der Waals surface area contributed by atoms with E-state index in [1.54, 1.807) is 24.5 Å². The van der Waals surface area contributed by atoms with Gasteiger partial charge in [0.2, 0.25) is 5.91 Å². The number of rotatable bonds is 9. The van der Waals surface area contributed by atoms with Crippen molar-refractivity contribution < 1.29 is 41.2 Å². The SMILES string of the molecule is CC(C)(C)OC(=O)N1C[C@@](O)(C(F)(F)F)C[C@@H]1C(=O)Nc1cc(C(CCC2CC2)(NS(=O)C(C)(C)C)c2ccncc2)ccc1F. The lowest BCUT2D eigenvalue weighted by Crippen LogP contribution is -2.49. The van der Waals surface area contributed by atoms with Gasteiger partial charge in [0, 0.05) is 18.8 Å². The number of amides is 2. The summed E-state index contributed by atoms with van der Waals surface area (Å²) in [5.74, 6) is -1.55. The quantitative estimate of drug-likeness (QED) is 0.284. The molecule has 1 aliphatic carbocycles. The molecule has 1 aromatic carbocycles.